The summed E-state index contributed by atoms with van der Waals surface area (Å²) in [7, 11) is 0. The molecule has 0 aliphatic carbocycles. The number of carbonyl (C=O) groups excluding carboxylic acids is 1. The molecule has 4 rings (SSSR count). The molecular formula is C23H23F2N5O4. The highest BCUT2D eigenvalue weighted by molar-refractivity contribution is 6.08. The molecule has 4 N–H and O–H groups in total. The fourth-order valence-electron chi connectivity index (χ4n) is 3.91. The van der Waals surface area contributed by atoms with Crippen molar-refractivity contribution < 1.29 is 28.2 Å². The zero-order valence-electron chi connectivity index (χ0n) is 18.3. The molecule has 34 heavy (non-hydrogen) atoms. The van der Waals surface area contributed by atoms with E-state index in [1.807, 2.05) is 11.8 Å². The third kappa shape index (κ3) is 4.49. The fraction of sp³-hybridized carbons (Fsp3) is 0.261. The minimum Gasteiger partial charge on any atom is -0.492 e. The van der Waals surface area contributed by atoms with Crippen molar-refractivity contribution in [2.45, 2.75) is 6.92 Å². The number of hydrogen-bond donors (Lipinski definition) is 3. The summed E-state index contributed by atoms with van der Waals surface area (Å²) in [5.41, 5.74) is 6.90. The van der Waals surface area contributed by atoms with Crippen LogP contribution in [0.1, 0.15) is 17.3 Å². The first-order valence-electron chi connectivity index (χ1n) is 10.6. The Hall–Kier alpha value is -4.15. The maximum Gasteiger partial charge on any atom is 0.407 e. The lowest BCUT2D eigenvalue weighted by atomic mass is 10.1. The van der Waals surface area contributed by atoms with Gasteiger partial charge < -0.3 is 30.7 Å². The summed E-state index contributed by atoms with van der Waals surface area (Å²) in [6.07, 6.45) is 0.307. The maximum atomic E-state index is 14.4. The third-order valence-corrected chi connectivity index (χ3v) is 5.60. The van der Waals surface area contributed by atoms with Gasteiger partial charge in [-0.1, -0.05) is 0 Å². The van der Waals surface area contributed by atoms with Crippen molar-refractivity contribution in [3.05, 3.63) is 53.7 Å². The predicted molar refractivity (Wildman–Crippen MR) is 123 cm³/mol. The van der Waals surface area contributed by atoms with Crippen LogP contribution in [-0.4, -0.2) is 59.8 Å². The topological polar surface area (TPSA) is 121 Å². The number of aromatic nitrogens is 1. The van der Waals surface area contributed by atoms with Crippen LogP contribution in [0.25, 0.3) is 10.9 Å². The fourth-order valence-corrected chi connectivity index (χ4v) is 3.91. The Kier molecular flexibility index (Phi) is 6.35. The van der Waals surface area contributed by atoms with E-state index in [9.17, 15) is 23.5 Å². The van der Waals surface area contributed by atoms with E-state index >= 15 is 0 Å². The average molecular weight is 471 g/mol. The van der Waals surface area contributed by atoms with Gasteiger partial charge in [0.25, 0.3) is 5.91 Å². The van der Waals surface area contributed by atoms with Crippen molar-refractivity contribution in [2.75, 3.05) is 43.0 Å². The number of hydrogen-bond acceptors (Lipinski definition) is 6. The largest absolute Gasteiger partial charge is 0.492 e. The highest BCUT2D eigenvalue weighted by atomic mass is 19.1. The number of nitrogens with one attached hydrogen (secondary N) is 1. The molecule has 2 amide bonds. The lowest BCUT2D eigenvalue weighted by molar-refractivity contribution is 0.100. The van der Waals surface area contributed by atoms with Crippen LogP contribution < -0.4 is 20.7 Å². The molecule has 1 saturated heterocycles. The van der Waals surface area contributed by atoms with Crippen molar-refractivity contribution in [3.8, 4) is 5.75 Å². The van der Waals surface area contributed by atoms with E-state index in [1.54, 1.807) is 12.1 Å². The molecule has 1 aliphatic rings. The van der Waals surface area contributed by atoms with Crippen molar-refractivity contribution in [3.63, 3.8) is 0 Å². The van der Waals surface area contributed by atoms with Crippen molar-refractivity contribution in [1.29, 1.82) is 0 Å². The summed E-state index contributed by atoms with van der Waals surface area (Å²) in [5.74, 6) is -1.81. The second kappa shape index (κ2) is 9.38. The maximum absolute atomic E-state index is 14.4. The van der Waals surface area contributed by atoms with Crippen LogP contribution in [0.5, 0.6) is 5.75 Å². The molecule has 0 spiro atoms. The Morgan fingerprint density at radius 2 is 1.91 bits per heavy atom. The number of anilines is 3. The molecule has 2 heterocycles. The number of amides is 2. The van der Waals surface area contributed by atoms with Crippen LogP contribution in [0.15, 0.2) is 36.5 Å². The molecule has 178 valence electrons. The lowest BCUT2D eigenvalue weighted by Gasteiger charge is -2.35. The number of carboxylic acid groups (broad SMARTS) is 1. The monoisotopic (exact) mass is 471 g/mol. The van der Waals surface area contributed by atoms with E-state index in [-0.39, 0.29) is 16.9 Å². The van der Waals surface area contributed by atoms with E-state index < -0.39 is 23.6 Å². The number of nitrogens with two attached hydrogens (primary N) is 1. The number of nitrogens with zero attached hydrogens (tertiary/aromatic N) is 3. The Bertz CT molecular complexity index is 1260. The number of benzene rings is 2. The van der Waals surface area contributed by atoms with Crippen molar-refractivity contribution >= 4 is 40.0 Å². The van der Waals surface area contributed by atoms with Crippen molar-refractivity contribution in [1.82, 2.24) is 9.88 Å². The Morgan fingerprint density at radius 3 is 2.53 bits per heavy atom. The van der Waals surface area contributed by atoms with E-state index in [4.69, 9.17) is 10.5 Å². The van der Waals surface area contributed by atoms with Gasteiger partial charge in [0.05, 0.1) is 34.7 Å². The summed E-state index contributed by atoms with van der Waals surface area (Å²) < 4.78 is 33.6. The molecule has 0 atom stereocenters. The van der Waals surface area contributed by atoms with E-state index in [1.165, 1.54) is 17.2 Å². The molecule has 3 aromatic rings. The summed E-state index contributed by atoms with van der Waals surface area (Å²) in [6, 6.07) is 6.51. The van der Waals surface area contributed by atoms with Gasteiger partial charge in [-0.05, 0) is 25.1 Å². The first-order chi connectivity index (χ1) is 16.3. The predicted octanol–water partition coefficient (Wildman–Crippen LogP) is 3.55. The number of pyridine rings is 1. The zero-order chi connectivity index (χ0) is 24.4. The smallest absolute Gasteiger partial charge is 0.407 e. The second-order valence-corrected chi connectivity index (χ2v) is 7.69. The number of halogens is 2. The minimum absolute atomic E-state index is 0.0297. The SMILES string of the molecule is CCOc1cc2ncc(C(N)=O)c(Nc3ccc(F)cc3F)c2cc1N1CCN(C(=O)O)CC1. The number of primary amides is 1. The summed E-state index contributed by atoms with van der Waals surface area (Å²) in [5, 5.41) is 12.6. The van der Waals surface area contributed by atoms with Gasteiger partial charge in [0.15, 0.2) is 0 Å². The van der Waals surface area contributed by atoms with Crippen LogP contribution in [0, 0.1) is 11.6 Å². The van der Waals surface area contributed by atoms with Gasteiger partial charge in [-0.15, -0.1) is 0 Å². The highest BCUT2D eigenvalue weighted by Crippen LogP contribution is 2.38. The number of carbonyl (C=O) groups is 2. The van der Waals surface area contributed by atoms with Crippen molar-refractivity contribution in [2.24, 2.45) is 5.73 Å². The minimum atomic E-state index is -0.980. The quantitative estimate of drug-likeness (QED) is 0.503. The van der Waals surface area contributed by atoms with Gasteiger partial charge >= 0.3 is 6.09 Å². The van der Waals surface area contributed by atoms with Gasteiger partial charge in [-0.2, -0.15) is 0 Å². The Balaban J connectivity index is 1.84. The first kappa shape index (κ1) is 23.0. The highest BCUT2D eigenvalue weighted by Gasteiger charge is 2.24. The number of fused-ring (bicyclic) bond motifs is 1. The molecule has 0 unspecified atom stereocenters. The van der Waals surface area contributed by atoms with Crippen LogP contribution in [0.3, 0.4) is 0 Å². The molecule has 9 nitrogen and oxygen atoms in total. The summed E-state index contributed by atoms with van der Waals surface area (Å²) in [4.78, 5) is 31.1. The number of rotatable bonds is 6. The average Bonchev–Trinajstić information content (AvgIpc) is 2.80. The molecule has 1 fully saturated rings. The molecule has 1 aliphatic heterocycles. The normalized spacial score (nSPS) is 13.7. The number of piperazine rings is 1. The van der Waals surface area contributed by atoms with E-state index in [2.05, 4.69) is 10.3 Å². The van der Waals surface area contributed by atoms with Gasteiger partial charge in [-0.3, -0.25) is 9.78 Å². The van der Waals surface area contributed by atoms with Crippen LogP contribution in [0.4, 0.5) is 30.6 Å². The third-order valence-electron chi connectivity index (χ3n) is 5.60. The van der Waals surface area contributed by atoms with Gasteiger partial charge in [0.2, 0.25) is 0 Å². The number of ether oxygens (including phenoxy) is 1. The van der Waals surface area contributed by atoms with E-state index in [0.29, 0.717) is 55.1 Å². The lowest BCUT2D eigenvalue weighted by Crippen LogP contribution is -2.48. The Labute approximate surface area is 193 Å². The summed E-state index contributed by atoms with van der Waals surface area (Å²) in [6.45, 7) is 3.70. The van der Waals surface area contributed by atoms with E-state index in [0.717, 1.165) is 12.1 Å². The second-order valence-electron chi connectivity index (χ2n) is 7.69. The van der Waals surface area contributed by atoms with Gasteiger partial charge in [0, 0.05) is 49.9 Å². The molecule has 0 bridgehead atoms. The molecule has 1 aromatic heterocycles. The van der Waals surface area contributed by atoms with Crippen LogP contribution in [-0.2, 0) is 0 Å². The van der Waals surface area contributed by atoms with Gasteiger partial charge in [0.1, 0.15) is 17.4 Å². The first-order valence-corrected chi connectivity index (χ1v) is 10.6. The molecular weight excluding hydrogens is 448 g/mol. The molecule has 11 heteroatoms. The molecule has 0 radical (unpaired) electrons. The van der Waals surface area contributed by atoms with Crippen LogP contribution >= 0.6 is 0 Å². The summed E-state index contributed by atoms with van der Waals surface area (Å²) >= 11 is 0. The standard InChI is InChI=1S/C23H23F2N5O4/c1-2-34-20-11-18-14(10-19(20)29-5-7-30(8-6-29)23(32)33)21(15(12-27-18)22(26)31)28-17-4-3-13(24)9-16(17)25/h3-4,9-12H,2,5-8H2,1H3,(H2,26,31)(H,27,28)(H,32,33). The molecule has 0 saturated carbocycles. The van der Waals surface area contributed by atoms with Crippen LogP contribution in [0.2, 0.25) is 0 Å². The zero-order valence-corrected chi connectivity index (χ0v) is 18.3. The molecule has 2 aromatic carbocycles. The Morgan fingerprint density at radius 1 is 1.18 bits per heavy atom. The van der Waals surface area contributed by atoms with Gasteiger partial charge in [-0.25, -0.2) is 13.6 Å².